The van der Waals surface area contributed by atoms with Gasteiger partial charge in [-0.1, -0.05) is 0 Å². The molecule has 1 aromatic carbocycles. The first-order chi connectivity index (χ1) is 13.6. The molecule has 1 aliphatic carbocycles. The van der Waals surface area contributed by atoms with E-state index in [0.29, 0.717) is 30.5 Å². The molecule has 0 aliphatic heterocycles. The molecule has 0 bridgehead atoms. The van der Waals surface area contributed by atoms with Crippen LogP contribution >= 0.6 is 0 Å². The van der Waals surface area contributed by atoms with Gasteiger partial charge in [-0.25, -0.2) is 4.79 Å². The van der Waals surface area contributed by atoms with Crippen LogP contribution in [-0.2, 0) is 31.4 Å². The zero-order chi connectivity index (χ0) is 23.3. The van der Waals surface area contributed by atoms with Crippen LogP contribution in [0.4, 0.5) is 26.3 Å². The lowest BCUT2D eigenvalue weighted by Crippen LogP contribution is -2.12. The predicted octanol–water partition coefficient (Wildman–Crippen LogP) is 4.59. The molecular formula is C19H20F6O5. The van der Waals surface area contributed by atoms with Crippen molar-refractivity contribution in [2.45, 2.75) is 51.2 Å². The minimum atomic E-state index is -4.88. The van der Waals surface area contributed by atoms with Crippen LogP contribution < -0.4 is 0 Å². The summed E-state index contributed by atoms with van der Waals surface area (Å²) in [6.45, 7) is 2.44. The lowest BCUT2D eigenvalue weighted by atomic mass is 10.0. The number of carbonyl (C=O) groups is 2. The van der Waals surface area contributed by atoms with Crippen molar-refractivity contribution in [3.05, 3.63) is 46.5 Å². The molecule has 2 rings (SSSR count). The number of hydrogen-bond donors (Lipinski definition) is 1. The summed E-state index contributed by atoms with van der Waals surface area (Å²) in [7, 11) is 1.34. The summed E-state index contributed by atoms with van der Waals surface area (Å²) < 4.78 is 83.6. The maximum Gasteiger partial charge on any atom is 0.416 e. The molecule has 0 radical (unpaired) electrons. The van der Waals surface area contributed by atoms with Crippen LogP contribution in [0, 0.1) is 0 Å². The van der Waals surface area contributed by atoms with E-state index in [-0.39, 0.29) is 24.1 Å². The summed E-state index contributed by atoms with van der Waals surface area (Å²) in [6.07, 6.45) is -8.50. The van der Waals surface area contributed by atoms with Gasteiger partial charge in [-0.3, -0.25) is 4.79 Å². The summed E-state index contributed by atoms with van der Waals surface area (Å²) in [6, 6.07) is 1.02. The molecule has 1 aromatic rings. The van der Waals surface area contributed by atoms with Gasteiger partial charge in [0.1, 0.15) is 6.10 Å². The van der Waals surface area contributed by atoms with Gasteiger partial charge in [0.25, 0.3) is 0 Å². The Balaban J connectivity index is 0.000000311. The highest BCUT2D eigenvalue weighted by molar-refractivity contribution is 5.89. The van der Waals surface area contributed by atoms with Gasteiger partial charge >= 0.3 is 24.3 Å². The number of benzene rings is 1. The fourth-order valence-corrected chi connectivity index (χ4v) is 2.52. The van der Waals surface area contributed by atoms with Crippen molar-refractivity contribution in [1.29, 1.82) is 0 Å². The molecule has 11 heteroatoms. The van der Waals surface area contributed by atoms with Crippen molar-refractivity contribution in [3.8, 4) is 0 Å². The number of alkyl halides is 6. The Hall–Kier alpha value is -2.56. The third-order valence-electron chi connectivity index (χ3n) is 3.94. The second-order valence-corrected chi connectivity index (χ2v) is 6.39. The summed E-state index contributed by atoms with van der Waals surface area (Å²) in [5.74, 6) is -0.665. The fraction of sp³-hybridized carbons (Fsp3) is 0.474. The number of ether oxygens (including phenoxy) is 2. The molecule has 0 amide bonds. The largest absolute Gasteiger partial charge is 0.466 e. The molecule has 0 saturated carbocycles. The minimum Gasteiger partial charge on any atom is -0.466 e. The number of esters is 2. The normalized spacial score (nSPS) is 17.4. The lowest BCUT2D eigenvalue weighted by Gasteiger charge is -2.15. The van der Waals surface area contributed by atoms with Crippen molar-refractivity contribution in [2.75, 3.05) is 7.11 Å². The quantitative estimate of drug-likeness (QED) is 0.548. The number of aliphatic hydroxyl groups excluding tert-OH is 1. The zero-order valence-corrected chi connectivity index (χ0v) is 16.2. The Bertz CT molecular complexity index is 763. The van der Waals surface area contributed by atoms with Gasteiger partial charge in [0.2, 0.25) is 0 Å². The summed E-state index contributed by atoms with van der Waals surface area (Å²) >= 11 is 0. The van der Waals surface area contributed by atoms with Gasteiger partial charge in [-0.15, -0.1) is 0 Å². The Morgan fingerprint density at radius 1 is 1.07 bits per heavy atom. The average molecular weight is 442 g/mol. The molecule has 0 spiro atoms. The van der Waals surface area contributed by atoms with Crippen LogP contribution in [0.25, 0.3) is 0 Å². The zero-order valence-electron chi connectivity index (χ0n) is 16.2. The molecule has 0 saturated heterocycles. The van der Waals surface area contributed by atoms with Crippen LogP contribution in [0.3, 0.4) is 0 Å². The minimum absolute atomic E-state index is 0.0197. The molecular weight excluding hydrogens is 422 g/mol. The van der Waals surface area contributed by atoms with Crippen molar-refractivity contribution in [3.63, 3.8) is 0 Å². The number of halogens is 6. The molecule has 0 heterocycles. The molecule has 1 N–H and O–H groups in total. The number of carbonyl (C=O) groups excluding carboxylic acids is 2. The van der Waals surface area contributed by atoms with Gasteiger partial charge in [0, 0.05) is 12.5 Å². The van der Waals surface area contributed by atoms with Crippen molar-refractivity contribution in [2.24, 2.45) is 0 Å². The Kier molecular flexibility index (Phi) is 8.46. The van der Waals surface area contributed by atoms with Crippen molar-refractivity contribution >= 4 is 11.9 Å². The third-order valence-corrected chi connectivity index (χ3v) is 3.94. The van der Waals surface area contributed by atoms with Crippen LogP contribution in [0.1, 0.15) is 49.5 Å². The van der Waals surface area contributed by atoms with Crippen LogP contribution in [0.15, 0.2) is 29.8 Å². The van der Waals surface area contributed by atoms with Gasteiger partial charge in [0.05, 0.1) is 24.3 Å². The second kappa shape index (κ2) is 9.96. The van der Waals surface area contributed by atoms with Crippen molar-refractivity contribution < 1.29 is 50.5 Å². The molecule has 30 heavy (non-hydrogen) atoms. The smallest absolute Gasteiger partial charge is 0.416 e. The van der Waals surface area contributed by atoms with Gasteiger partial charge < -0.3 is 14.6 Å². The van der Waals surface area contributed by atoms with E-state index in [1.165, 1.54) is 14.0 Å². The van der Waals surface area contributed by atoms with Crippen LogP contribution in [0.2, 0.25) is 0 Å². The number of aliphatic hydroxyl groups is 1. The Labute approximate surface area is 168 Å². The van der Waals surface area contributed by atoms with Crippen molar-refractivity contribution in [1.82, 2.24) is 0 Å². The maximum atomic E-state index is 12.4. The monoisotopic (exact) mass is 442 g/mol. The van der Waals surface area contributed by atoms with Gasteiger partial charge in [0.15, 0.2) is 0 Å². The molecule has 1 aliphatic rings. The third kappa shape index (κ3) is 7.69. The lowest BCUT2D eigenvalue weighted by molar-refractivity contribution is -0.145. The number of methoxy groups -OCH3 is 1. The highest BCUT2D eigenvalue weighted by Gasteiger charge is 2.37. The summed E-state index contributed by atoms with van der Waals surface area (Å²) in [4.78, 5) is 21.6. The van der Waals surface area contributed by atoms with Gasteiger partial charge in [-0.2, -0.15) is 26.3 Å². The van der Waals surface area contributed by atoms with Gasteiger partial charge in [-0.05, 0) is 49.6 Å². The molecule has 0 unspecified atom stereocenters. The van der Waals surface area contributed by atoms with E-state index in [4.69, 9.17) is 9.84 Å². The first kappa shape index (κ1) is 25.5. The maximum absolute atomic E-state index is 12.4. The number of hydrogen-bond acceptors (Lipinski definition) is 5. The average Bonchev–Trinajstić information content (AvgIpc) is 3.07. The molecule has 0 fully saturated rings. The van der Waals surface area contributed by atoms with E-state index in [1.807, 2.05) is 0 Å². The molecule has 168 valence electrons. The van der Waals surface area contributed by atoms with E-state index >= 15 is 0 Å². The Morgan fingerprint density at radius 3 is 1.93 bits per heavy atom. The molecule has 0 aromatic heterocycles. The van der Waals surface area contributed by atoms with E-state index in [9.17, 15) is 35.9 Å². The first-order valence-corrected chi connectivity index (χ1v) is 8.58. The summed E-state index contributed by atoms with van der Waals surface area (Å²) in [5.41, 5.74) is -2.69. The standard InChI is InChI=1S/C10H8F6O.C9H12O4/c1-5(17)6-2-7(9(11,12)13)4-8(3-6)10(14,15)16;1-6(10)13-8-4-3-7(5-8)9(11)12-2/h2-5,17H,1H3;5,8H,3-4H2,1-2H3/t5-;8-/m10/s1. The van der Waals surface area contributed by atoms with E-state index in [0.717, 1.165) is 6.92 Å². The van der Waals surface area contributed by atoms with Crippen LogP contribution in [0.5, 0.6) is 0 Å². The highest BCUT2D eigenvalue weighted by Crippen LogP contribution is 2.37. The van der Waals surface area contributed by atoms with E-state index in [1.54, 1.807) is 6.08 Å². The fourth-order valence-electron chi connectivity index (χ4n) is 2.52. The van der Waals surface area contributed by atoms with E-state index < -0.39 is 35.1 Å². The summed E-state index contributed by atoms with van der Waals surface area (Å²) in [5, 5.41) is 9.07. The van der Waals surface area contributed by atoms with Crippen LogP contribution in [-0.4, -0.2) is 30.3 Å². The number of rotatable bonds is 3. The van der Waals surface area contributed by atoms with E-state index in [2.05, 4.69) is 4.74 Å². The highest BCUT2D eigenvalue weighted by atomic mass is 19.4. The second-order valence-electron chi connectivity index (χ2n) is 6.39. The predicted molar refractivity (Wildman–Crippen MR) is 92.0 cm³/mol. The SMILES string of the molecule is COC(=O)C1=C[C@@H](OC(C)=O)CC1.C[C@@H](O)c1cc(C(F)(F)F)cc(C(F)(F)F)c1. The topological polar surface area (TPSA) is 72.8 Å². The molecule has 2 atom stereocenters. The molecule has 5 nitrogen and oxygen atoms in total. The Morgan fingerprint density at radius 2 is 1.57 bits per heavy atom. The first-order valence-electron chi connectivity index (χ1n) is 8.58.